The van der Waals surface area contributed by atoms with Crippen LogP contribution in [0.15, 0.2) is 18.2 Å². The van der Waals surface area contributed by atoms with E-state index in [1.165, 1.54) is 11.0 Å². The van der Waals surface area contributed by atoms with Crippen molar-refractivity contribution in [3.63, 3.8) is 0 Å². The lowest BCUT2D eigenvalue weighted by Crippen LogP contribution is -2.46. The summed E-state index contributed by atoms with van der Waals surface area (Å²) in [5, 5.41) is 3.13. The molecule has 1 aliphatic heterocycles. The quantitative estimate of drug-likeness (QED) is 0.839. The highest BCUT2D eigenvalue weighted by atomic mass is 19.1. The maximum absolute atomic E-state index is 13.6. The first-order valence-corrected chi connectivity index (χ1v) is 6.55. The van der Waals surface area contributed by atoms with E-state index in [1.807, 2.05) is 0 Å². The van der Waals surface area contributed by atoms with Crippen molar-refractivity contribution >= 4 is 11.8 Å². The third-order valence-electron chi connectivity index (χ3n) is 3.48. The molecule has 0 aliphatic carbocycles. The van der Waals surface area contributed by atoms with E-state index < -0.39 is 11.7 Å². The van der Waals surface area contributed by atoms with E-state index in [9.17, 15) is 14.0 Å². The highest BCUT2D eigenvalue weighted by Gasteiger charge is 2.28. The van der Waals surface area contributed by atoms with Gasteiger partial charge in [-0.2, -0.15) is 0 Å². The maximum atomic E-state index is 13.6. The van der Waals surface area contributed by atoms with Crippen molar-refractivity contribution in [1.29, 1.82) is 0 Å². The van der Waals surface area contributed by atoms with Crippen molar-refractivity contribution in [2.45, 2.75) is 19.4 Å². The highest BCUT2D eigenvalue weighted by Crippen LogP contribution is 2.15. The molecule has 2 rings (SSSR count). The van der Waals surface area contributed by atoms with Crippen LogP contribution in [0, 0.1) is 12.7 Å². The number of nitrogens with zero attached hydrogens (tertiary/aromatic N) is 1. The smallest absolute Gasteiger partial charge is 0.254 e. The molecule has 5 nitrogen and oxygen atoms in total. The van der Waals surface area contributed by atoms with Gasteiger partial charge in [0.2, 0.25) is 5.91 Å². The molecule has 1 aliphatic rings. The predicted molar refractivity (Wildman–Crippen MR) is 72.6 cm³/mol. The molecule has 1 unspecified atom stereocenters. The highest BCUT2D eigenvalue weighted by molar-refractivity contribution is 5.96. The summed E-state index contributed by atoms with van der Waals surface area (Å²) >= 11 is 0. The topological polar surface area (TPSA) is 75.4 Å². The minimum atomic E-state index is -0.571. The average molecular weight is 279 g/mol. The molecule has 1 heterocycles. The Bertz CT molecular complexity index is 527. The van der Waals surface area contributed by atoms with Gasteiger partial charge in [-0.25, -0.2) is 4.39 Å². The predicted octanol–water partition coefficient (Wildman–Crippen LogP) is 0.424. The normalized spacial score (nSPS) is 18.0. The first kappa shape index (κ1) is 14.5. The summed E-state index contributed by atoms with van der Waals surface area (Å²) in [7, 11) is 0. The second-order valence-electron chi connectivity index (χ2n) is 5.01. The Balaban J connectivity index is 2.24. The number of halogens is 1. The number of amides is 2. The van der Waals surface area contributed by atoms with Gasteiger partial charge < -0.3 is 16.0 Å². The fraction of sp³-hybridized carbons (Fsp3) is 0.429. The van der Waals surface area contributed by atoms with Crippen molar-refractivity contribution in [1.82, 2.24) is 10.2 Å². The number of nitrogens with two attached hydrogens (primary N) is 1. The average Bonchev–Trinajstić information content (AvgIpc) is 2.92. The van der Waals surface area contributed by atoms with Crippen LogP contribution in [-0.4, -0.2) is 42.4 Å². The molecule has 0 radical (unpaired) electrons. The van der Waals surface area contributed by atoms with Gasteiger partial charge >= 0.3 is 0 Å². The molecule has 0 bridgehead atoms. The van der Waals surface area contributed by atoms with Crippen LogP contribution in [0.3, 0.4) is 0 Å². The molecular formula is C14H18FN3O2. The third kappa shape index (κ3) is 3.14. The number of aryl methyl sites for hydroxylation is 1. The molecule has 1 aromatic carbocycles. The Labute approximate surface area is 116 Å². The van der Waals surface area contributed by atoms with E-state index in [1.54, 1.807) is 19.1 Å². The van der Waals surface area contributed by atoms with Crippen LogP contribution in [0.1, 0.15) is 22.3 Å². The zero-order valence-electron chi connectivity index (χ0n) is 11.4. The van der Waals surface area contributed by atoms with E-state index in [0.717, 1.165) is 13.0 Å². The SMILES string of the molecule is Cc1ccc(C(=O)N(CC(N)=O)C2CCNC2)cc1F. The van der Waals surface area contributed by atoms with Crippen LogP contribution in [0.4, 0.5) is 4.39 Å². The first-order chi connectivity index (χ1) is 9.49. The number of rotatable bonds is 4. The third-order valence-corrected chi connectivity index (χ3v) is 3.48. The van der Waals surface area contributed by atoms with Gasteiger partial charge in [-0.15, -0.1) is 0 Å². The number of carbonyl (C=O) groups excluding carboxylic acids is 2. The lowest BCUT2D eigenvalue weighted by atomic mass is 10.1. The number of hydrogen-bond acceptors (Lipinski definition) is 3. The van der Waals surface area contributed by atoms with Gasteiger partial charge in [0, 0.05) is 18.2 Å². The Hall–Kier alpha value is -1.95. The zero-order valence-corrected chi connectivity index (χ0v) is 11.4. The van der Waals surface area contributed by atoms with E-state index in [0.29, 0.717) is 12.1 Å². The largest absolute Gasteiger partial charge is 0.368 e. The molecule has 0 aromatic heterocycles. The molecule has 3 N–H and O–H groups in total. The van der Waals surface area contributed by atoms with Crippen molar-refractivity contribution in [3.05, 3.63) is 35.1 Å². The summed E-state index contributed by atoms with van der Waals surface area (Å²) in [6.07, 6.45) is 0.757. The van der Waals surface area contributed by atoms with Crippen LogP contribution < -0.4 is 11.1 Å². The van der Waals surface area contributed by atoms with E-state index >= 15 is 0 Å². The van der Waals surface area contributed by atoms with Crippen LogP contribution in [0.25, 0.3) is 0 Å². The fourth-order valence-corrected chi connectivity index (χ4v) is 2.33. The Kier molecular flexibility index (Phi) is 4.34. The van der Waals surface area contributed by atoms with E-state index in [4.69, 9.17) is 5.73 Å². The summed E-state index contributed by atoms with van der Waals surface area (Å²) in [4.78, 5) is 25.0. The summed E-state index contributed by atoms with van der Waals surface area (Å²) in [5.74, 6) is -1.37. The second-order valence-corrected chi connectivity index (χ2v) is 5.01. The van der Waals surface area contributed by atoms with Gasteiger partial charge in [0.25, 0.3) is 5.91 Å². The minimum absolute atomic E-state index is 0.0839. The van der Waals surface area contributed by atoms with Crippen molar-refractivity contribution in [3.8, 4) is 0 Å². The molecule has 20 heavy (non-hydrogen) atoms. The fourth-order valence-electron chi connectivity index (χ4n) is 2.33. The summed E-state index contributed by atoms with van der Waals surface area (Å²) in [6, 6.07) is 4.24. The first-order valence-electron chi connectivity index (χ1n) is 6.55. The van der Waals surface area contributed by atoms with Gasteiger partial charge in [-0.05, 0) is 37.6 Å². The molecule has 1 fully saturated rings. The van der Waals surface area contributed by atoms with Gasteiger partial charge in [0.1, 0.15) is 5.82 Å². The summed E-state index contributed by atoms with van der Waals surface area (Å²) < 4.78 is 13.6. The molecule has 2 amide bonds. The van der Waals surface area contributed by atoms with Crippen molar-refractivity contribution in [2.24, 2.45) is 5.73 Å². The molecule has 6 heteroatoms. The second kappa shape index (κ2) is 6.00. The Morgan fingerprint density at radius 3 is 2.80 bits per heavy atom. The van der Waals surface area contributed by atoms with Crippen LogP contribution in [0.2, 0.25) is 0 Å². The van der Waals surface area contributed by atoms with Crippen molar-refractivity contribution in [2.75, 3.05) is 19.6 Å². The van der Waals surface area contributed by atoms with E-state index in [2.05, 4.69) is 5.32 Å². The lowest BCUT2D eigenvalue weighted by molar-refractivity contribution is -0.119. The minimum Gasteiger partial charge on any atom is -0.368 e. The molecule has 0 saturated carbocycles. The molecule has 108 valence electrons. The van der Waals surface area contributed by atoms with Crippen LogP contribution >= 0.6 is 0 Å². The molecular weight excluding hydrogens is 261 g/mol. The number of benzene rings is 1. The number of primary amides is 1. The number of hydrogen-bond donors (Lipinski definition) is 2. The molecule has 1 aromatic rings. The van der Waals surface area contributed by atoms with Gasteiger partial charge in [-0.1, -0.05) is 6.07 Å². The van der Waals surface area contributed by atoms with Gasteiger partial charge in [0.15, 0.2) is 0 Å². The number of carbonyl (C=O) groups is 2. The summed E-state index contributed by atoms with van der Waals surface area (Å²) in [6.45, 7) is 2.88. The lowest BCUT2D eigenvalue weighted by Gasteiger charge is -2.27. The Morgan fingerprint density at radius 2 is 2.25 bits per heavy atom. The van der Waals surface area contributed by atoms with E-state index in [-0.39, 0.29) is 24.1 Å². The van der Waals surface area contributed by atoms with Gasteiger partial charge in [-0.3, -0.25) is 9.59 Å². The molecule has 0 spiro atoms. The zero-order chi connectivity index (χ0) is 14.7. The standard InChI is InChI=1S/C14H18FN3O2/c1-9-2-3-10(6-12(9)15)14(20)18(8-13(16)19)11-4-5-17-7-11/h2-3,6,11,17H,4-5,7-8H2,1H3,(H2,16,19). The maximum Gasteiger partial charge on any atom is 0.254 e. The van der Waals surface area contributed by atoms with Gasteiger partial charge in [0.05, 0.1) is 6.54 Å². The van der Waals surface area contributed by atoms with Crippen LogP contribution in [0.5, 0.6) is 0 Å². The monoisotopic (exact) mass is 279 g/mol. The van der Waals surface area contributed by atoms with Crippen molar-refractivity contribution < 1.29 is 14.0 Å². The molecule has 1 saturated heterocycles. The molecule has 1 atom stereocenters. The van der Waals surface area contributed by atoms with Crippen LogP contribution in [-0.2, 0) is 4.79 Å². The number of nitrogens with one attached hydrogen (secondary N) is 1. The summed E-state index contributed by atoms with van der Waals surface area (Å²) in [5.41, 5.74) is 5.92. The Morgan fingerprint density at radius 1 is 1.50 bits per heavy atom.